The summed E-state index contributed by atoms with van der Waals surface area (Å²) in [5.41, 5.74) is 15.9. The SMILES string of the molecule is Cc1ccccc1NC(=O)NCCCC[C@H](NC(=O)[C@@H](N)Cc1c[nH]c2ccccc12)C(=O)N[C@@H](CC(=O)O)C(=O)N(C)[C@@H](Cc1ccccc1)C(N)=O. The molecule has 0 aliphatic heterocycles. The van der Waals surface area contributed by atoms with Crippen molar-refractivity contribution in [1.29, 1.82) is 0 Å². The van der Waals surface area contributed by atoms with Crippen molar-refractivity contribution in [1.82, 2.24) is 25.8 Å². The molecule has 4 atom stereocenters. The van der Waals surface area contributed by atoms with E-state index >= 15 is 0 Å². The number of nitrogens with zero attached hydrogens (tertiary/aromatic N) is 1. The van der Waals surface area contributed by atoms with Crippen molar-refractivity contribution in [3.8, 4) is 0 Å². The third-order valence-corrected chi connectivity index (χ3v) is 9.09. The van der Waals surface area contributed by atoms with Gasteiger partial charge in [-0.2, -0.15) is 0 Å². The standard InChI is InChI=1S/C39H48N8O7/c1-24-12-6-8-16-29(24)46-39(54)42-19-11-10-18-31(44-36(51)28(40)21-26-23-43-30-17-9-7-15-27(26)30)37(52)45-32(22-34(48)49)38(53)47(2)33(35(41)50)20-25-13-4-3-5-14-25/h3-9,12-17,23,28,31-33,43H,10-11,18-22,40H2,1-2H3,(H2,41,50)(H,44,51)(H,45,52)(H,48,49)(H2,42,46,54)/t28-,31-,32-,33-/m0/s1. The second kappa shape index (κ2) is 19.6. The molecule has 0 bridgehead atoms. The number of rotatable bonds is 19. The maximum absolute atomic E-state index is 13.8. The smallest absolute Gasteiger partial charge is 0.319 e. The van der Waals surface area contributed by atoms with Gasteiger partial charge in [-0.3, -0.25) is 24.0 Å². The van der Waals surface area contributed by atoms with E-state index in [1.54, 1.807) is 42.6 Å². The van der Waals surface area contributed by atoms with Crippen molar-refractivity contribution >= 4 is 52.2 Å². The number of amides is 6. The molecule has 6 amide bonds. The fraction of sp³-hybridized carbons (Fsp3) is 0.333. The second-order valence-electron chi connectivity index (χ2n) is 13.1. The van der Waals surface area contributed by atoms with Crippen molar-refractivity contribution in [2.45, 2.75) is 69.6 Å². The third-order valence-electron chi connectivity index (χ3n) is 9.09. The lowest BCUT2D eigenvalue weighted by Gasteiger charge is -2.30. The lowest BCUT2D eigenvalue weighted by Crippen LogP contribution is -2.58. The number of likely N-dealkylation sites (N-methyl/N-ethyl adjacent to an activating group) is 1. The number of aliphatic carboxylic acids is 1. The van der Waals surface area contributed by atoms with Crippen molar-refractivity contribution in [3.05, 3.63) is 102 Å². The minimum absolute atomic E-state index is 0.0656. The number of primary amides is 1. The van der Waals surface area contributed by atoms with Crippen LogP contribution < -0.4 is 32.7 Å². The van der Waals surface area contributed by atoms with Gasteiger partial charge in [-0.15, -0.1) is 0 Å². The Kier molecular flexibility index (Phi) is 14.7. The number of aromatic amines is 1. The van der Waals surface area contributed by atoms with Crippen molar-refractivity contribution < 1.29 is 33.9 Å². The number of aromatic nitrogens is 1. The lowest BCUT2D eigenvalue weighted by molar-refractivity contribution is -0.145. The molecule has 286 valence electrons. The Bertz CT molecular complexity index is 1930. The van der Waals surface area contributed by atoms with E-state index in [2.05, 4.69) is 26.3 Å². The van der Waals surface area contributed by atoms with Crippen molar-refractivity contribution in [3.63, 3.8) is 0 Å². The Morgan fingerprint density at radius 1 is 0.833 bits per heavy atom. The number of hydrogen-bond acceptors (Lipinski definition) is 7. The number of nitrogens with one attached hydrogen (secondary N) is 5. The van der Waals surface area contributed by atoms with Crippen LogP contribution in [-0.2, 0) is 36.8 Å². The highest BCUT2D eigenvalue weighted by Gasteiger charge is 2.34. The first kappa shape index (κ1) is 40.5. The van der Waals surface area contributed by atoms with Crippen molar-refractivity contribution in [2.75, 3.05) is 18.9 Å². The number of para-hydroxylation sites is 2. The molecule has 0 aliphatic carbocycles. The molecule has 0 fully saturated rings. The molecule has 1 heterocycles. The molecule has 0 spiro atoms. The van der Waals surface area contributed by atoms with Crippen LogP contribution in [0.25, 0.3) is 10.9 Å². The normalized spacial score (nSPS) is 13.2. The predicted octanol–water partition coefficient (Wildman–Crippen LogP) is 2.34. The van der Waals surface area contributed by atoms with E-state index in [9.17, 15) is 33.9 Å². The van der Waals surface area contributed by atoms with E-state index in [1.165, 1.54) is 7.05 Å². The molecule has 4 aromatic rings. The zero-order valence-electron chi connectivity index (χ0n) is 30.3. The van der Waals surface area contributed by atoms with Crippen molar-refractivity contribution in [2.24, 2.45) is 11.5 Å². The zero-order valence-corrected chi connectivity index (χ0v) is 30.3. The quantitative estimate of drug-likeness (QED) is 0.0662. The number of carbonyl (C=O) groups is 6. The molecule has 4 rings (SSSR count). The van der Waals surface area contributed by atoms with Crippen LogP contribution in [0.1, 0.15) is 42.4 Å². The van der Waals surface area contributed by atoms with E-state index in [1.807, 2.05) is 49.4 Å². The first-order chi connectivity index (χ1) is 25.8. The largest absolute Gasteiger partial charge is 0.481 e. The molecule has 54 heavy (non-hydrogen) atoms. The number of anilines is 1. The highest BCUT2D eigenvalue weighted by atomic mass is 16.4. The van der Waals surface area contributed by atoms with Crippen LogP contribution in [0.3, 0.4) is 0 Å². The van der Waals surface area contributed by atoms with Crippen LogP contribution in [-0.4, -0.2) is 88.4 Å². The van der Waals surface area contributed by atoms with Gasteiger partial charge in [0, 0.05) is 42.8 Å². The molecule has 1 aromatic heterocycles. The Hall–Kier alpha value is -6.22. The number of urea groups is 1. The molecule has 15 heteroatoms. The number of hydrogen-bond donors (Lipinski definition) is 8. The molecule has 3 aromatic carbocycles. The molecule has 0 aliphatic rings. The van der Waals surface area contributed by atoms with Gasteiger partial charge in [0.1, 0.15) is 18.1 Å². The van der Waals surface area contributed by atoms with Gasteiger partial charge in [0.25, 0.3) is 0 Å². The number of carboxylic acids is 1. The van der Waals surface area contributed by atoms with Gasteiger partial charge in [0.05, 0.1) is 12.5 Å². The van der Waals surface area contributed by atoms with Gasteiger partial charge in [0.2, 0.25) is 23.6 Å². The number of fused-ring (bicyclic) bond motifs is 1. The maximum atomic E-state index is 13.8. The summed E-state index contributed by atoms with van der Waals surface area (Å²) in [5, 5.41) is 21.3. The van der Waals surface area contributed by atoms with Gasteiger partial charge >= 0.3 is 12.0 Å². The molecular weight excluding hydrogens is 692 g/mol. The first-order valence-corrected chi connectivity index (χ1v) is 17.7. The average Bonchev–Trinajstić information content (AvgIpc) is 3.55. The number of benzene rings is 3. The lowest BCUT2D eigenvalue weighted by atomic mass is 10.0. The van der Waals surface area contributed by atoms with Crippen LogP contribution >= 0.6 is 0 Å². The summed E-state index contributed by atoms with van der Waals surface area (Å²) in [4.78, 5) is 81.9. The summed E-state index contributed by atoms with van der Waals surface area (Å²) in [7, 11) is 1.31. The summed E-state index contributed by atoms with van der Waals surface area (Å²) in [6.07, 6.45) is 2.02. The number of unbranched alkanes of at least 4 members (excludes halogenated alkanes) is 1. The summed E-state index contributed by atoms with van der Waals surface area (Å²) in [6, 6.07) is 18.3. The monoisotopic (exact) mass is 740 g/mol. The topological polar surface area (TPSA) is 242 Å². The van der Waals surface area contributed by atoms with Gasteiger partial charge in [0.15, 0.2) is 0 Å². The van der Waals surface area contributed by atoms with Crippen LogP contribution in [0.2, 0.25) is 0 Å². The van der Waals surface area contributed by atoms with Gasteiger partial charge in [-0.05, 0) is 61.4 Å². The molecule has 15 nitrogen and oxygen atoms in total. The van der Waals surface area contributed by atoms with Crippen LogP contribution in [0.15, 0.2) is 85.1 Å². The number of carbonyl (C=O) groups excluding carboxylic acids is 5. The maximum Gasteiger partial charge on any atom is 0.319 e. The number of H-pyrrole nitrogens is 1. The summed E-state index contributed by atoms with van der Waals surface area (Å²) < 4.78 is 0. The van der Waals surface area contributed by atoms with Gasteiger partial charge in [-0.25, -0.2) is 4.79 Å². The summed E-state index contributed by atoms with van der Waals surface area (Å²) in [6.45, 7) is 2.12. The van der Waals surface area contributed by atoms with Gasteiger partial charge < -0.3 is 47.7 Å². The molecule has 0 saturated heterocycles. The Labute approximate surface area is 313 Å². The Balaban J connectivity index is 1.45. The van der Waals surface area contributed by atoms with E-state index < -0.39 is 66.2 Å². The van der Waals surface area contributed by atoms with Crippen LogP contribution in [0.5, 0.6) is 0 Å². The third kappa shape index (κ3) is 11.6. The average molecular weight is 741 g/mol. The number of nitrogens with two attached hydrogens (primary N) is 2. The molecule has 0 saturated carbocycles. The molecule has 10 N–H and O–H groups in total. The Morgan fingerprint density at radius 2 is 1.50 bits per heavy atom. The minimum atomic E-state index is -1.59. The van der Waals surface area contributed by atoms with E-state index in [0.717, 1.165) is 26.9 Å². The fourth-order valence-electron chi connectivity index (χ4n) is 6.04. The van der Waals surface area contributed by atoms with Gasteiger partial charge in [-0.1, -0.05) is 66.7 Å². The molecular formula is C39H48N8O7. The fourth-order valence-corrected chi connectivity index (χ4v) is 6.04. The summed E-state index contributed by atoms with van der Waals surface area (Å²) >= 11 is 0. The van der Waals surface area contributed by atoms with E-state index in [0.29, 0.717) is 24.1 Å². The highest BCUT2D eigenvalue weighted by molar-refractivity contribution is 5.96. The minimum Gasteiger partial charge on any atom is -0.481 e. The number of carboxylic acid groups (broad SMARTS) is 1. The molecule has 0 radical (unpaired) electrons. The second-order valence-corrected chi connectivity index (χ2v) is 13.1. The van der Waals surface area contributed by atoms with E-state index in [4.69, 9.17) is 11.5 Å². The highest BCUT2D eigenvalue weighted by Crippen LogP contribution is 2.19. The van der Waals surface area contributed by atoms with Crippen LogP contribution in [0, 0.1) is 6.92 Å². The van der Waals surface area contributed by atoms with Crippen LogP contribution in [0.4, 0.5) is 10.5 Å². The summed E-state index contributed by atoms with van der Waals surface area (Å²) in [5.74, 6) is -4.50. The van der Waals surface area contributed by atoms with E-state index in [-0.39, 0.29) is 25.8 Å². The zero-order chi connectivity index (χ0) is 39.2. The predicted molar refractivity (Wildman–Crippen MR) is 204 cm³/mol. The first-order valence-electron chi connectivity index (χ1n) is 17.7. The molecule has 0 unspecified atom stereocenters. The Morgan fingerprint density at radius 3 is 2.20 bits per heavy atom. The number of aryl methyl sites for hydroxylation is 1.